The first-order chi connectivity index (χ1) is 14.7. The van der Waals surface area contributed by atoms with Gasteiger partial charge in [-0.25, -0.2) is 4.98 Å². The van der Waals surface area contributed by atoms with E-state index < -0.39 is 17.3 Å². The quantitative estimate of drug-likeness (QED) is 0.637. The average Bonchev–Trinajstić information content (AvgIpc) is 2.74. The topological polar surface area (TPSA) is 84.3 Å². The molecule has 1 heterocycles. The molecule has 4 rings (SSSR count). The van der Waals surface area contributed by atoms with E-state index in [1.54, 1.807) is 42.5 Å². The van der Waals surface area contributed by atoms with Crippen molar-refractivity contribution in [2.45, 2.75) is 6.18 Å². The number of halogens is 3. The number of allylic oxidation sites excluding steroid dienone is 5. The summed E-state index contributed by atoms with van der Waals surface area (Å²) in [6.45, 7) is 0. The van der Waals surface area contributed by atoms with Crippen molar-refractivity contribution in [3.63, 3.8) is 0 Å². The van der Waals surface area contributed by atoms with E-state index in [1.165, 1.54) is 24.3 Å². The summed E-state index contributed by atoms with van der Waals surface area (Å²) in [5.41, 5.74) is 0.261. The van der Waals surface area contributed by atoms with Crippen LogP contribution in [0.3, 0.4) is 0 Å². The number of nitrogens with two attached hydrogens (primary N) is 1. The van der Waals surface area contributed by atoms with E-state index in [0.717, 1.165) is 16.7 Å². The molecule has 8 heteroatoms. The van der Waals surface area contributed by atoms with Crippen LogP contribution in [0.4, 0.5) is 13.2 Å². The van der Waals surface area contributed by atoms with E-state index in [4.69, 9.17) is 10.8 Å². The number of rotatable bonds is 3. The lowest BCUT2D eigenvalue weighted by Crippen LogP contribution is -2.43. The van der Waals surface area contributed by atoms with Crippen LogP contribution >= 0.6 is 0 Å². The van der Waals surface area contributed by atoms with Gasteiger partial charge in [-0.2, -0.15) is 13.2 Å². The Hall–Kier alpha value is -4.07. The predicted molar refractivity (Wildman–Crippen MR) is 113 cm³/mol. The first kappa shape index (κ1) is 20.2. The number of alkyl halides is 3. The van der Waals surface area contributed by atoms with Gasteiger partial charge >= 0.3 is 6.18 Å². The smallest absolute Gasteiger partial charge is 0.295 e. The fourth-order valence-electron chi connectivity index (χ4n) is 3.19. The van der Waals surface area contributed by atoms with Crippen LogP contribution in [0.25, 0.3) is 22.7 Å². The van der Waals surface area contributed by atoms with Gasteiger partial charge in [-0.05, 0) is 48.1 Å². The SMILES string of the molecule is N=C1C=CC(/C=C/c2nc3ccccc3c(=O)n2-c2cccc(C(F)(F)F)c2)=CC1=[NH2+]. The zero-order chi connectivity index (χ0) is 22.2. The number of nitrogens with one attached hydrogen (secondary N) is 1. The molecule has 0 saturated carbocycles. The summed E-state index contributed by atoms with van der Waals surface area (Å²) in [5, 5.41) is 13.7. The van der Waals surface area contributed by atoms with E-state index in [-0.39, 0.29) is 22.9 Å². The van der Waals surface area contributed by atoms with Crippen molar-refractivity contribution in [1.82, 2.24) is 9.55 Å². The Balaban J connectivity index is 1.91. The minimum absolute atomic E-state index is 0.0544. The summed E-state index contributed by atoms with van der Waals surface area (Å²) in [5.74, 6) is 0.163. The molecule has 0 amide bonds. The van der Waals surface area contributed by atoms with Gasteiger partial charge in [-0.15, -0.1) is 0 Å². The second-order valence-corrected chi connectivity index (χ2v) is 6.86. The third kappa shape index (κ3) is 4.00. The molecule has 0 bridgehead atoms. The second kappa shape index (κ2) is 7.64. The number of fused-ring (bicyclic) bond motifs is 1. The van der Waals surface area contributed by atoms with Crippen molar-refractivity contribution in [3.05, 3.63) is 100 Å². The molecule has 154 valence electrons. The first-order valence-corrected chi connectivity index (χ1v) is 9.23. The Kier molecular flexibility index (Phi) is 4.98. The van der Waals surface area contributed by atoms with E-state index >= 15 is 0 Å². The molecular weight excluding hydrogens is 405 g/mol. The zero-order valence-electron chi connectivity index (χ0n) is 16.0. The summed E-state index contributed by atoms with van der Waals surface area (Å²) < 4.78 is 40.8. The number of para-hydroxylation sites is 1. The van der Waals surface area contributed by atoms with Crippen LogP contribution in [0.1, 0.15) is 11.4 Å². The van der Waals surface area contributed by atoms with Crippen LogP contribution in [0.15, 0.2) is 83.2 Å². The third-order valence-corrected chi connectivity index (χ3v) is 4.73. The highest BCUT2D eigenvalue weighted by Gasteiger charge is 2.30. The number of hydrogen-bond acceptors (Lipinski definition) is 3. The monoisotopic (exact) mass is 421 g/mol. The molecule has 0 fully saturated rings. The summed E-state index contributed by atoms with van der Waals surface area (Å²) >= 11 is 0. The first-order valence-electron chi connectivity index (χ1n) is 9.23. The lowest BCUT2D eigenvalue weighted by molar-refractivity contribution is -0.137. The van der Waals surface area contributed by atoms with Gasteiger partial charge in [0.1, 0.15) is 11.5 Å². The zero-order valence-corrected chi connectivity index (χ0v) is 16.0. The Bertz CT molecular complexity index is 1380. The lowest BCUT2D eigenvalue weighted by atomic mass is 10.0. The maximum Gasteiger partial charge on any atom is 0.416 e. The third-order valence-electron chi connectivity index (χ3n) is 4.73. The summed E-state index contributed by atoms with van der Waals surface area (Å²) in [6, 6.07) is 11.2. The van der Waals surface area contributed by atoms with E-state index in [0.29, 0.717) is 16.5 Å². The van der Waals surface area contributed by atoms with Gasteiger partial charge in [-0.1, -0.05) is 30.4 Å². The van der Waals surface area contributed by atoms with Crippen molar-refractivity contribution < 1.29 is 18.6 Å². The molecule has 5 nitrogen and oxygen atoms in total. The van der Waals surface area contributed by atoms with Crippen LogP contribution in [0.2, 0.25) is 0 Å². The van der Waals surface area contributed by atoms with Crippen LogP contribution in [-0.4, -0.2) is 21.0 Å². The average molecular weight is 421 g/mol. The lowest BCUT2D eigenvalue weighted by Gasteiger charge is -2.14. The fourth-order valence-corrected chi connectivity index (χ4v) is 3.19. The number of hydrogen-bond donors (Lipinski definition) is 2. The van der Waals surface area contributed by atoms with Gasteiger partial charge in [0.15, 0.2) is 0 Å². The van der Waals surface area contributed by atoms with Crippen molar-refractivity contribution in [1.29, 1.82) is 5.41 Å². The summed E-state index contributed by atoms with van der Waals surface area (Å²) in [7, 11) is 0. The molecular formula is C23H16F3N4O+. The van der Waals surface area contributed by atoms with Crippen LogP contribution in [0, 0.1) is 5.41 Å². The Labute approximate surface area is 174 Å². The Morgan fingerprint density at radius 3 is 2.55 bits per heavy atom. The van der Waals surface area contributed by atoms with E-state index in [2.05, 4.69) is 4.98 Å². The molecule has 2 aromatic carbocycles. The van der Waals surface area contributed by atoms with Gasteiger partial charge in [-0.3, -0.25) is 20.2 Å². The van der Waals surface area contributed by atoms with Crippen molar-refractivity contribution >= 4 is 28.4 Å². The standard InChI is InChI=1S/C23H15F3N4O/c24-23(25,26)15-4-3-5-16(13-15)30-21(11-9-14-8-10-18(27)19(28)12-14)29-20-7-2-1-6-17(20)22(30)31/h1-13,27-28H/p+1/b11-9+,27-18?,28-19?. The fraction of sp³-hybridized carbons (Fsp3) is 0.0435. The molecule has 0 atom stereocenters. The molecule has 3 N–H and O–H groups in total. The van der Waals surface area contributed by atoms with Gasteiger partial charge in [0.25, 0.3) is 5.56 Å². The predicted octanol–water partition coefficient (Wildman–Crippen LogP) is 3.13. The van der Waals surface area contributed by atoms with Crippen LogP contribution in [0.5, 0.6) is 0 Å². The molecule has 0 saturated heterocycles. The molecule has 0 aliphatic heterocycles. The van der Waals surface area contributed by atoms with Gasteiger partial charge in [0, 0.05) is 6.08 Å². The summed E-state index contributed by atoms with van der Waals surface area (Å²) in [4.78, 5) is 17.7. The van der Waals surface area contributed by atoms with E-state index in [1.807, 2.05) is 0 Å². The Morgan fingerprint density at radius 2 is 1.81 bits per heavy atom. The number of benzene rings is 2. The van der Waals surface area contributed by atoms with Crippen molar-refractivity contribution in [2.24, 2.45) is 0 Å². The number of aromatic nitrogens is 2. The van der Waals surface area contributed by atoms with Crippen molar-refractivity contribution in [3.8, 4) is 5.69 Å². The van der Waals surface area contributed by atoms with Gasteiger partial charge < -0.3 is 0 Å². The maximum absolute atomic E-state index is 13.2. The highest BCUT2D eigenvalue weighted by atomic mass is 19.4. The molecule has 0 spiro atoms. The molecule has 31 heavy (non-hydrogen) atoms. The number of nitrogens with zero attached hydrogens (tertiary/aromatic N) is 2. The largest absolute Gasteiger partial charge is 0.416 e. The second-order valence-electron chi connectivity index (χ2n) is 6.86. The highest BCUT2D eigenvalue weighted by molar-refractivity contribution is 6.47. The van der Waals surface area contributed by atoms with Crippen molar-refractivity contribution in [2.75, 3.05) is 0 Å². The van der Waals surface area contributed by atoms with Crippen LogP contribution < -0.4 is 11.0 Å². The minimum atomic E-state index is -4.55. The van der Waals surface area contributed by atoms with Gasteiger partial charge in [0.2, 0.25) is 5.71 Å². The van der Waals surface area contributed by atoms with Crippen LogP contribution in [-0.2, 0) is 6.18 Å². The Morgan fingerprint density at radius 1 is 1.03 bits per heavy atom. The highest BCUT2D eigenvalue weighted by Crippen LogP contribution is 2.30. The maximum atomic E-state index is 13.2. The molecule has 3 aromatic rings. The minimum Gasteiger partial charge on any atom is -0.295 e. The molecule has 1 aliphatic rings. The van der Waals surface area contributed by atoms with E-state index in [9.17, 15) is 18.0 Å². The molecule has 1 aliphatic carbocycles. The van der Waals surface area contributed by atoms with Gasteiger partial charge in [0.05, 0.1) is 22.2 Å². The molecule has 0 radical (unpaired) electrons. The summed E-state index contributed by atoms with van der Waals surface area (Å²) in [6.07, 6.45) is 3.41. The normalized spacial score (nSPS) is 14.5. The molecule has 0 unspecified atom stereocenters. The molecule has 1 aromatic heterocycles.